The van der Waals surface area contributed by atoms with Crippen molar-refractivity contribution >= 4 is 12.0 Å². The molecule has 0 aliphatic heterocycles. The molecule has 1 heterocycles. The van der Waals surface area contributed by atoms with Gasteiger partial charge in [-0.1, -0.05) is 0 Å². The number of oxazole rings is 1. The highest BCUT2D eigenvalue weighted by Crippen LogP contribution is 2.14. The lowest BCUT2D eigenvalue weighted by Gasteiger charge is -2.17. The second-order valence-electron chi connectivity index (χ2n) is 3.39. The number of aliphatic hydroxyl groups excluding tert-OH is 1. The Labute approximate surface area is 100 Å². The van der Waals surface area contributed by atoms with Crippen LogP contribution in [0.2, 0.25) is 0 Å². The molecule has 1 aromatic heterocycles. The van der Waals surface area contributed by atoms with Gasteiger partial charge in [-0.05, 0) is 20.3 Å². The molecule has 0 atom stereocenters. The predicted octanol–water partition coefficient (Wildman–Crippen LogP) is 1.06. The average Bonchev–Trinajstić information content (AvgIpc) is 2.80. The van der Waals surface area contributed by atoms with Gasteiger partial charge in [-0.2, -0.15) is 4.98 Å². The molecule has 0 fully saturated rings. The van der Waals surface area contributed by atoms with Crippen LogP contribution in [0.5, 0.6) is 0 Å². The molecule has 1 aromatic rings. The summed E-state index contributed by atoms with van der Waals surface area (Å²) in [4.78, 5) is 17.3. The molecule has 0 radical (unpaired) electrons. The van der Waals surface area contributed by atoms with Crippen molar-refractivity contribution in [3.8, 4) is 0 Å². The third kappa shape index (κ3) is 3.74. The van der Waals surface area contributed by atoms with Crippen LogP contribution in [-0.2, 0) is 4.74 Å². The van der Waals surface area contributed by atoms with Crippen molar-refractivity contribution in [1.82, 2.24) is 4.98 Å². The van der Waals surface area contributed by atoms with E-state index in [9.17, 15) is 4.79 Å². The van der Waals surface area contributed by atoms with E-state index in [-0.39, 0.29) is 12.3 Å². The van der Waals surface area contributed by atoms with Crippen LogP contribution >= 0.6 is 0 Å². The Morgan fingerprint density at radius 1 is 1.59 bits per heavy atom. The smallest absolute Gasteiger partial charge is 0.360 e. The van der Waals surface area contributed by atoms with Crippen LogP contribution in [0.4, 0.5) is 6.01 Å². The molecule has 0 aromatic carbocycles. The summed E-state index contributed by atoms with van der Waals surface area (Å²) in [7, 11) is 0. The van der Waals surface area contributed by atoms with Crippen molar-refractivity contribution in [2.45, 2.75) is 20.3 Å². The topological polar surface area (TPSA) is 75.8 Å². The molecule has 17 heavy (non-hydrogen) atoms. The predicted molar refractivity (Wildman–Crippen MR) is 62.0 cm³/mol. The summed E-state index contributed by atoms with van der Waals surface area (Å²) in [5.74, 6) is -0.485. The number of nitrogens with zero attached hydrogens (tertiary/aromatic N) is 2. The fourth-order valence-electron chi connectivity index (χ4n) is 1.36. The molecular formula is C11H18N2O4. The highest BCUT2D eigenvalue weighted by Gasteiger charge is 2.16. The summed E-state index contributed by atoms with van der Waals surface area (Å²) in [6, 6.07) is 0.379. The summed E-state index contributed by atoms with van der Waals surface area (Å²) in [6.45, 7) is 5.44. The van der Waals surface area contributed by atoms with Gasteiger partial charge in [0, 0.05) is 19.7 Å². The molecule has 0 spiro atoms. The van der Waals surface area contributed by atoms with Gasteiger partial charge in [-0.3, -0.25) is 0 Å². The molecule has 96 valence electrons. The number of carbonyl (C=O) groups is 1. The van der Waals surface area contributed by atoms with Crippen LogP contribution in [0.15, 0.2) is 10.7 Å². The van der Waals surface area contributed by atoms with E-state index in [1.165, 1.54) is 6.26 Å². The van der Waals surface area contributed by atoms with Gasteiger partial charge in [0.05, 0.1) is 6.61 Å². The lowest BCUT2D eigenvalue weighted by molar-refractivity contribution is 0.0519. The van der Waals surface area contributed by atoms with E-state index < -0.39 is 5.97 Å². The van der Waals surface area contributed by atoms with Crippen LogP contribution < -0.4 is 4.90 Å². The van der Waals surface area contributed by atoms with Crippen molar-refractivity contribution in [2.24, 2.45) is 0 Å². The van der Waals surface area contributed by atoms with Crippen molar-refractivity contribution in [3.05, 3.63) is 12.0 Å². The van der Waals surface area contributed by atoms with Crippen LogP contribution in [0, 0.1) is 0 Å². The first kappa shape index (κ1) is 13.5. The molecule has 1 rings (SSSR count). The Morgan fingerprint density at radius 3 is 2.94 bits per heavy atom. The molecule has 6 heteroatoms. The molecule has 1 N–H and O–H groups in total. The van der Waals surface area contributed by atoms with Gasteiger partial charge in [-0.25, -0.2) is 4.79 Å². The number of carbonyl (C=O) groups excluding carboxylic acids is 1. The molecule has 0 saturated carbocycles. The second kappa shape index (κ2) is 6.90. The first-order valence-corrected chi connectivity index (χ1v) is 5.71. The van der Waals surface area contributed by atoms with Crippen LogP contribution in [0.3, 0.4) is 0 Å². The SMILES string of the molecule is CCOC(=O)c1coc(N(CC)CCCO)n1. The minimum Gasteiger partial charge on any atom is -0.461 e. The molecule has 0 saturated heterocycles. The fourth-order valence-corrected chi connectivity index (χ4v) is 1.36. The van der Waals surface area contributed by atoms with E-state index in [0.717, 1.165) is 0 Å². The van der Waals surface area contributed by atoms with E-state index >= 15 is 0 Å². The quantitative estimate of drug-likeness (QED) is 0.720. The van der Waals surface area contributed by atoms with Crippen molar-refractivity contribution in [1.29, 1.82) is 0 Å². The second-order valence-corrected chi connectivity index (χ2v) is 3.39. The largest absolute Gasteiger partial charge is 0.461 e. The molecule has 6 nitrogen and oxygen atoms in total. The number of anilines is 1. The Balaban J connectivity index is 2.67. The Morgan fingerprint density at radius 2 is 2.35 bits per heavy atom. The maximum atomic E-state index is 11.4. The zero-order valence-electron chi connectivity index (χ0n) is 10.2. The number of hydrogen-bond donors (Lipinski definition) is 1. The minimum atomic E-state index is -0.485. The molecule has 0 aliphatic rings. The zero-order chi connectivity index (χ0) is 12.7. The van der Waals surface area contributed by atoms with E-state index in [0.29, 0.717) is 32.1 Å². The third-order valence-corrected chi connectivity index (χ3v) is 2.22. The average molecular weight is 242 g/mol. The number of aliphatic hydroxyl groups is 1. The van der Waals surface area contributed by atoms with Gasteiger partial charge in [0.2, 0.25) is 0 Å². The third-order valence-electron chi connectivity index (χ3n) is 2.22. The van der Waals surface area contributed by atoms with Crippen LogP contribution in [-0.4, -0.2) is 42.4 Å². The first-order chi connectivity index (χ1) is 8.22. The monoisotopic (exact) mass is 242 g/mol. The van der Waals surface area contributed by atoms with Gasteiger partial charge in [0.1, 0.15) is 6.26 Å². The molecule has 0 amide bonds. The summed E-state index contributed by atoms with van der Waals surface area (Å²) >= 11 is 0. The summed E-state index contributed by atoms with van der Waals surface area (Å²) < 4.78 is 10.0. The van der Waals surface area contributed by atoms with Gasteiger partial charge in [-0.15, -0.1) is 0 Å². The summed E-state index contributed by atoms with van der Waals surface area (Å²) in [5.41, 5.74) is 0.171. The first-order valence-electron chi connectivity index (χ1n) is 5.71. The highest BCUT2D eigenvalue weighted by atomic mass is 16.5. The standard InChI is InChI=1S/C11H18N2O4/c1-3-13(6-5-7-14)11-12-9(8-17-11)10(15)16-4-2/h8,14H,3-7H2,1-2H3. The normalized spacial score (nSPS) is 10.3. The lowest BCUT2D eigenvalue weighted by Crippen LogP contribution is -2.25. The van der Waals surface area contributed by atoms with Gasteiger partial charge in [0.15, 0.2) is 5.69 Å². The van der Waals surface area contributed by atoms with Crippen molar-refractivity contribution in [3.63, 3.8) is 0 Å². The molecule has 0 bridgehead atoms. The molecule has 0 unspecified atom stereocenters. The lowest BCUT2D eigenvalue weighted by atomic mass is 10.4. The van der Waals surface area contributed by atoms with Crippen LogP contribution in [0.25, 0.3) is 0 Å². The van der Waals surface area contributed by atoms with Gasteiger partial charge < -0.3 is 19.2 Å². The van der Waals surface area contributed by atoms with Gasteiger partial charge in [0.25, 0.3) is 6.01 Å². The summed E-state index contributed by atoms with van der Waals surface area (Å²) in [6.07, 6.45) is 1.92. The van der Waals surface area contributed by atoms with E-state index in [1.54, 1.807) is 6.92 Å². The maximum absolute atomic E-state index is 11.4. The van der Waals surface area contributed by atoms with E-state index in [1.807, 2.05) is 11.8 Å². The van der Waals surface area contributed by atoms with Crippen LogP contribution in [0.1, 0.15) is 30.8 Å². The Hall–Kier alpha value is -1.56. The number of rotatable bonds is 7. The van der Waals surface area contributed by atoms with Gasteiger partial charge >= 0.3 is 5.97 Å². The van der Waals surface area contributed by atoms with E-state index in [4.69, 9.17) is 14.3 Å². The van der Waals surface area contributed by atoms with Crippen molar-refractivity contribution in [2.75, 3.05) is 31.2 Å². The Kier molecular flexibility index (Phi) is 5.48. The highest BCUT2D eigenvalue weighted by molar-refractivity contribution is 5.87. The maximum Gasteiger partial charge on any atom is 0.360 e. The number of ether oxygens (including phenoxy) is 1. The Bertz CT molecular complexity index is 351. The molecule has 0 aliphatic carbocycles. The van der Waals surface area contributed by atoms with E-state index in [2.05, 4.69) is 4.98 Å². The zero-order valence-corrected chi connectivity index (χ0v) is 10.2. The van der Waals surface area contributed by atoms with Crippen molar-refractivity contribution < 1.29 is 19.1 Å². The number of aromatic nitrogens is 1. The number of hydrogen-bond acceptors (Lipinski definition) is 6. The summed E-state index contributed by atoms with van der Waals surface area (Å²) in [5, 5.41) is 8.77. The molecular weight excluding hydrogens is 224 g/mol. The fraction of sp³-hybridized carbons (Fsp3) is 0.636. The number of esters is 1. The minimum absolute atomic E-state index is 0.113.